The van der Waals surface area contributed by atoms with E-state index in [4.69, 9.17) is 16.1 Å². The molecule has 2 aromatic rings. The Labute approximate surface area is 163 Å². The molecule has 26 heavy (non-hydrogen) atoms. The molecule has 2 heterocycles. The van der Waals surface area contributed by atoms with Gasteiger partial charge in [0.1, 0.15) is 0 Å². The fourth-order valence-corrected chi connectivity index (χ4v) is 4.15. The fourth-order valence-electron chi connectivity index (χ4n) is 2.84. The Balaban J connectivity index is 1.52. The van der Waals surface area contributed by atoms with Gasteiger partial charge in [-0.1, -0.05) is 23.7 Å². The number of nitrogens with one attached hydrogen (secondary N) is 1. The van der Waals surface area contributed by atoms with Crippen LogP contribution in [0.25, 0.3) is 11.4 Å². The van der Waals surface area contributed by atoms with Crippen LogP contribution in [0.4, 0.5) is 0 Å². The molecule has 1 aromatic heterocycles. The Morgan fingerprint density at radius 1 is 1.42 bits per heavy atom. The van der Waals surface area contributed by atoms with Crippen molar-refractivity contribution in [3.8, 4) is 11.4 Å². The smallest absolute Gasteiger partial charge is 0.228 e. The van der Waals surface area contributed by atoms with E-state index in [0.29, 0.717) is 35.0 Å². The molecule has 1 fully saturated rings. The molecule has 0 amide bonds. The zero-order valence-corrected chi connectivity index (χ0v) is 16.7. The summed E-state index contributed by atoms with van der Waals surface area (Å²) in [5, 5.41) is 8.82. The molecule has 1 unspecified atom stereocenters. The number of guanidine groups is 1. The molecule has 140 valence electrons. The first-order chi connectivity index (χ1) is 12.7. The van der Waals surface area contributed by atoms with Crippen LogP contribution in [0.1, 0.15) is 19.2 Å². The van der Waals surface area contributed by atoms with Crippen LogP contribution >= 0.6 is 23.4 Å². The number of benzene rings is 1. The minimum atomic E-state index is 0.583. The maximum Gasteiger partial charge on any atom is 0.228 e. The van der Waals surface area contributed by atoms with Gasteiger partial charge >= 0.3 is 0 Å². The van der Waals surface area contributed by atoms with Gasteiger partial charge < -0.3 is 14.7 Å². The molecule has 1 atom stereocenters. The summed E-state index contributed by atoms with van der Waals surface area (Å²) in [6, 6.07) is 7.41. The maximum atomic E-state index is 5.91. The highest BCUT2D eigenvalue weighted by Crippen LogP contribution is 2.21. The van der Waals surface area contributed by atoms with Gasteiger partial charge in [0.05, 0.1) is 0 Å². The van der Waals surface area contributed by atoms with E-state index < -0.39 is 0 Å². The second kappa shape index (κ2) is 9.28. The average Bonchev–Trinajstić information content (AvgIpc) is 3.15. The standard InChI is InChI=1S/C18H24ClN5OS/c1-3-15-12-24(10-11-26-15)18(20-2)21-9-8-16-22-17(23-25-16)13-4-6-14(19)7-5-13/h4-7,15H,3,8-12H2,1-2H3,(H,20,21). The van der Waals surface area contributed by atoms with Crippen molar-refractivity contribution in [2.45, 2.75) is 25.0 Å². The van der Waals surface area contributed by atoms with Gasteiger partial charge in [0.2, 0.25) is 11.7 Å². The SMILES string of the molecule is CCC1CN(C(=NC)NCCc2nc(-c3ccc(Cl)cc3)no2)CCS1. The topological polar surface area (TPSA) is 66.5 Å². The third-order valence-electron chi connectivity index (χ3n) is 4.30. The van der Waals surface area contributed by atoms with Gasteiger partial charge in [-0.2, -0.15) is 16.7 Å². The van der Waals surface area contributed by atoms with E-state index >= 15 is 0 Å². The van der Waals surface area contributed by atoms with Crippen molar-refractivity contribution in [2.75, 3.05) is 32.4 Å². The molecule has 3 rings (SSSR count). The lowest BCUT2D eigenvalue weighted by Gasteiger charge is -2.34. The number of halogens is 1. The van der Waals surface area contributed by atoms with E-state index in [1.807, 2.05) is 31.3 Å². The van der Waals surface area contributed by atoms with Crippen molar-refractivity contribution >= 4 is 29.3 Å². The normalized spacial score (nSPS) is 18.2. The van der Waals surface area contributed by atoms with Crippen molar-refractivity contribution in [3.05, 3.63) is 35.2 Å². The number of hydrogen-bond donors (Lipinski definition) is 1. The number of thioether (sulfide) groups is 1. The lowest BCUT2D eigenvalue weighted by Crippen LogP contribution is -2.48. The lowest BCUT2D eigenvalue weighted by atomic mass is 10.2. The van der Waals surface area contributed by atoms with Gasteiger partial charge in [0.15, 0.2) is 5.96 Å². The molecule has 1 aliphatic heterocycles. The van der Waals surface area contributed by atoms with Crippen LogP contribution in [0.5, 0.6) is 0 Å². The first-order valence-electron chi connectivity index (χ1n) is 8.85. The summed E-state index contributed by atoms with van der Waals surface area (Å²) in [7, 11) is 1.83. The molecule has 6 nitrogen and oxygen atoms in total. The lowest BCUT2D eigenvalue weighted by molar-refractivity contribution is 0.375. The van der Waals surface area contributed by atoms with Gasteiger partial charge in [0, 0.05) is 54.7 Å². The predicted octanol–water partition coefficient (Wildman–Crippen LogP) is 3.34. The number of rotatable bonds is 5. The van der Waals surface area contributed by atoms with Crippen LogP contribution in [0, 0.1) is 0 Å². The molecule has 0 bridgehead atoms. The quantitative estimate of drug-likeness (QED) is 0.620. The summed E-state index contributed by atoms with van der Waals surface area (Å²) < 4.78 is 5.35. The van der Waals surface area contributed by atoms with Crippen molar-refractivity contribution < 1.29 is 4.52 Å². The summed E-state index contributed by atoms with van der Waals surface area (Å²) in [5.41, 5.74) is 0.893. The molecular formula is C18H24ClN5OS. The van der Waals surface area contributed by atoms with E-state index in [2.05, 4.69) is 44.0 Å². The van der Waals surface area contributed by atoms with Gasteiger partial charge in [-0.15, -0.1) is 0 Å². The Bertz CT molecular complexity index is 733. The molecular weight excluding hydrogens is 370 g/mol. The summed E-state index contributed by atoms with van der Waals surface area (Å²) in [4.78, 5) is 11.2. The molecule has 0 saturated carbocycles. The second-order valence-corrected chi connectivity index (χ2v) is 7.93. The molecule has 0 spiro atoms. The second-order valence-electron chi connectivity index (χ2n) is 6.09. The fraction of sp³-hybridized carbons (Fsp3) is 0.500. The Morgan fingerprint density at radius 3 is 2.96 bits per heavy atom. The Morgan fingerprint density at radius 2 is 2.23 bits per heavy atom. The molecule has 8 heteroatoms. The zero-order chi connectivity index (χ0) is 18.4. The highest BCUT2D eigenvalue weighted by Gasteiger charge is 2.21. The van der Waals surface area contributed by atoms with Crippen LogP contribution < -0.4 is 5.32 Å². The summed E-state index contributed by atoms with van der Waals surface area (Å²) in [6.07, 6.45) is 1.84. The average molecular weight is 394 g/mol. The van der Waals surface area contributed by atoms with Gasteiger partial charge in [-0.05, 0) is 30.7 Å². The van der Waals surface area contributed by atoms with E-state index in [1.54, 1.807) is 0 Å². The van der Waals surface area contributed by atoms with Gasteiger partial charge in [-0.3, -0.25) is 4.99 Å². The third kappa shape index (κ3) is 4.92. The Kier molecular flexibility index (Phi) is 6.80. The minimum Gasteiger partial charge on any atom is -0.356 e. The number of nitrogens with zero attached hydrogens (tertiary/aromatic N) is 4. The van der Waals surface area contributed by atoms with E-state index in [0.717, 1.165) is 30.4 Å². The van der Waals surface area contributed by atoms with Crippen molar-refractivity contribution in [1.82, 2.24) is 20.4 Å². The molecule has 1 aromatic carbocycles. The highest BCUT2D eigenvalue weighted by atomic mass is 35.5. The van der Waals surface area contributed by atoms with Crippen molar-refractivity contribution in [2.24, 2.45) is 4.99 Å². The molecule has 0 aliphatic carbocycles. The molecule has 1 saturated heterocycles. The van der Waals surface area contributed by atoms with Crippen LogP contribution in [-0.4, -0.2) is 58.7 Å². The van der Waals surface area contributed by atoms with E-state index in [9.17, 15) is 0 Å². The molecule has 1 N–H and O–H groups in total. The number of aliphatic imine (C=N–C) groups is 1. The predicted molar refractivity (Wildman–Crippen MR) is 108 cm³/mol. The summed E-state index contributed by atoms with van der Waals surface area (Å²) in [5.74, 6) is 3.28. The van der Waals surface area contributed by atoms with Crippen LogP contribution in [0.2, 0.25) is 5.02 Å². The van der Waals surface area contributed by atoms with Gasteiger partial charge in [-0.25, -0.2) is 0 Å². The van der Waals surface area contributed by atoms with E-state index in [-0.39, 0.29) is 0 Å². The highest BCUT2D eigenvalue weighted by molar-refractivity contribution is 8.00. The monoisotopic (exact) mass is 393 g/mol. The van der Waals surface area contributed by atoms with Crippen LogP contribution in [0.15, 0.2) is 33.8 Å². The number of hydrogen-bond acceptors (Lipinski definition) is 5. The third-order valence-corrected chi connectivity index (χ3v) is 5.92. The minimum absolute atomic E-state index is 0.583. The number of aromatic nitrogens is 2. The van der Waals surface area contributed by atoms with Crippen molar-refractivity contribution in [3.63, 3.8) is 0 Å². The summed E-state index contributed by atoms with van der Waals surface area (Å²) in [6.45, 7) is 5.02. The summed E-state index contributed by atoms with van der Waals surface area (Å²) >= 11 is 7.96. The Hall–Kier alpha value is -1.73. The van der Waals surface area contributed by atoms with Crippen LogP contribution in [0.3, 0.4) is 0 Å². The van der Waals surface area contributed by atoms with Crippen molar-refractivity contribution in [1.29, 1.82) is 0 Å². The van der Waals surface area contributed by atoms with Crippen LogP contribution in [-0.2, 0) is 6.42 Å². The first kappa shape index (κ1) is 19.0. The molecule has 1 aliphatic rings. The van der Waals surface area contributed by atoms with E-state index in [1.165, 1.54) is 6.42 Å². The zero-order valence-electron chi connectivity index (χ0n) is 15.1. The molecule has 0 radical (unpaired) electrons. The first-order valence-corrected chi connectivity index (χ1v) is 10.3. The van der Waals surface area contributed by atoms with Gasteiger partial charge in [0.25, 0.3) is 0 Å². The maximum absolute atomic E-state index is 5.91. The largest absolute Gasteiger partial charge is 0.356 e.